The van der Waals surface area contributed by atoms with Gasteiger partial charge >= 0.3 is 17.4 Å². The number of imidazole rings is 2. The zero-order valence-corrected chi connectivity index (χ0v) is 5.14. The summed E-state index contributed by atoms with van der Waals surface area (Å²) in [6, 6.07) is -0.542. The quantitative estimate of drug-likeness (QED) is 0.394. The summed E-state index contributed by atoms with van der Waals surface area (Å²) < 4.78 is 2.83. The highest BCUT2D eigenvalue weighted by Crippen LogP contribution is 2.09. The first kappa shape index (κ1) is 4.89. The number of hydrogen-bond donors (Lipinski definition) is 0. The molecule has 3 heterocycles. The smallest absolute Gasteiger partial charge is 0.246 e. The van der Waals surface area contributed by atoms with Crippen LogP contribution in [-0.4, -0.2) is 19.6 Å². The van der Waals surface area contributed by atoms with Crippen molar-refractivity contribution in [1.29, 1.82) is 0 Å². The highest BCUT2D eigenvalue weighted by Gasteiger charge is 2.34. The standard InChI is InChI=1S/C5HN3O3/c9-3-6-1-2-7(3)5(11)8(2)4(6)10/h1H. The van der Waals surface area contributed by atoms with Gasteiger partial charge in [-0.15, -0.1) is 0 Å². The second-order valence-corrected chi connectivity index (χ2v) is 2.38. The fraction of sp³-hybridized carbons (Fsp3) is 0. The number of fused-ring (bicyclic) bond motifs is 1. The van der Waals surface area contributed by atoms with Crippen LogP contribution in [0.4, 0.5) is 4.79 Å². The Morgan fingerprint density at radius 1 is 1.00 bits per heavy atom. The van der Waals surface area contributed by atoms with E-state index in [0.29, 0.717) is 5.65 Å². The van der Waals surface area contributed by atoms with Gasteiger partial charge in [0.15, 0.2) is 5.65 Å². The maximum atomic E-state index is 11.0. The Hall–Kier alpha value is -1.85. The molecule has 6 nitrogen and oxygen atoms in total. The van der Waals surface area contributed by atoms with Crippen LogP contribution >= 0.6 is 0 Å². The van der Waals surface area contributed by atoms with E-state index in [2.05, 4.69) is 0 Å². The summed E-state index contributed by atoms with van der Waals surface area (Å²) in [5.74, 6) is 0. The minimum atomic E-state index is -0.558. The van der Waals surface area contributed by atoms with Crippen molar-refractivity contribution in [2.45, 2.75) is 0 Å². The second-order valence-electron chi connectivity index (χ2n) is 2.38. The van der Waals surface area contributed by atoms with E-state index in [0.717, 1.165) is 13.5 Å². The SMILES string of the molecule is O=C1n2c(=O)n3cc2n1c3=O. The molecule has 2 bridgehead atoms. The summed E-state index contributed by atoms with van der Waals surface area (Å²) in [6.07, 6.45) is 1.35. The third-order valence-electron chi connectivity index (χ3n) is 1.88. The molecule has 6 heteroatoms. The van der Waals surface area contributed by atoms with Gasteiger partial charge in [0, 0.05) is 0 Å². The molecule has 0 saturated carbocycles. The van der Waals surface area contributed by atoms with Gasteiger partial charge in [0.1, 0.15) is 0 Å². The molecule has 0 spiro atoms. The molecule has 0 saturated heterocycles. The maximum Gasteiger partial charge on any atom is 0.348 e. The van der Waals surface area contributed by atoms with Crippen LogP contribution in [0.5, 0.6) is 0 Å². The fourth-order valence-corrected chi connectivity index (χ4v) is 1.35. The summed E-state index contributed by atoms with van der Waals surface area (Å²) in [7, 11) is 0. The zero-order valence-electron chi connectivity index (χ0n) is 5.14. The third-order valence-corrected chi connectivity index (χ3v) is 1.88. The fourth-order valence-electron chi connectivity index (χ4n) is 1.35. The summed E-state index contributed by atoms with van der Waals surface area (Å²) in [6.45, 7) is 0. The van der Waals surface area contributed by atoms with Crippen molar-refractivity contribution in [3.05, 3.63) is 27.2 Å². The molecule has 3 rings (SSSR count). The maximum absolute atomic E-state index is 11.0. The largest absolute Gasteiger partial charge is 0.348 e. The number of aromatic nitrogens is 3. The van der Waals surface area contributed by atoms with Gasteiger partial charge in [0.25, 0.3) is 0 Å². The van der Waals surface area contributed by atoms with Crippen molar-refractivity contribution in [3.63, 3.8) is 0 Å². The lowest BCUT2D eigenvalue weighted by atomic mass is 10.6. The van der Waals surface area contributed by atoms with Crippen LogP contribution in [-0.2, 0) is 0 Å². The van der Waals surface area contributed by atoms with Gasteiger partial charge < -0.3 is 0 Å². The third kappa shape index (κ3) is 0.264. The Balaban J connectivity index is 2.92. The number of carbonyl (C=O) groups is 1. The molecule has 0 fully saturated rings. The molecule has 2 aromatic rings. The molecule has 0 N–H and O–H groups in total. The molecule has 0 unspecified atom stereocenters. The average molecular weight is 151 g/mol. The van der Waals surface area contributed by atoms with E-state index < -0.39 is 17.4 Å². The molecule has 0 amide bonds. The number of carbonyl (C=O) groups excluding carboxylic acids is 1. The van der Waals surface area contributed by atoms with Crippen molar-refractivity contribution in [2.24, 2.45) is 0 Å². The molecule has 54 valence electrons. The monoisotopic (exact) mass is 151 g/mol. The highest BCUT2D eigenvalue weighted by molar-refractivity contribution is 5.94. The molecule has 2 aromatic heterocycles. The van der Waals surface area contributed by atoms with Crippen LogP contribution in [0.15, 0.2) is 15.8 Å². The summed E-state index contributed by atoms with van der Waals surface area (Å²) in [5.41, 5.74) is -0.736. The van der Waals surface area contributed by atoms with E-state index in [9.17, 15) is 14.4 Å². The van der Waals surface area contributed by atoms with Gasteiger partial charge in [-0.05, 0) is 0 Å². The van der Waals surface area contributed by atoms with Crippen LogP contribution in [0.3, 0.4) is 0 Å². The minimum absolute atomic E-state index is 0.380. The second kappa shape index (κ2) is 1.03. The predicted octanol–water partition coefficient (Wildman–Crippen LogP) is -1.47. The summed E-state index contributed by atoms with van der Waals surface area (Å²) in [4.78, 5) is 32.8. The molecule has 11 heavy (non-hydrogen) atoms. The van der Waals surface area contributed by atoms with Gasteiger partial charge in [-0.3, -0.25) is 0 Å². The van der Waals surface area contributed by atoms with E-state index in [4.69, 9.17) is 0 Å². The summed E-state index contributed by atoms with van der Waals surface area (Å²) in [5, 5.41) is 0. The van der Waals surface area contributed by atoms with E-state index in [1.165, 1.54) is 6.20 Å². The normalized spacial score (nSPS) is 14.4. The Morgan fingerprint density at radius 3 is 1.91 bits per heavy atom. The molecule has 0 aliphatic carbocycles. The minimum Gasteiger partial charge on any atom is -0.246 e. The van der Waals surface area contributed by atoms with E-state index in [1.807, 2.05) is 0 Å². The first-order valence-corrected chi connectivity index (χ1v) is 2.95. The Bertz CT molecular complexity index is 539. The van der Waals surface area contributed by atoms with Gasteiger partial charge in [-0.25, -0.2) is 18.8 Å². The first-order valence-electron chi connectivity index (χ1n) is 2.95. The number of rotatable bonds is 0. The highest BCUT2D eigenvalue weighted by atomic mass is 16.2. The van der Waals surface area contributed by atoms with Crippen molar-refractivity contribution < 1.29 is 4.79 Å². The molecule has 0 atom stereocenters. The molecular formula is C5HN3O3. The van der Waals surface area contributed by atoms with Crippen LogP contribution in [0.25, 0.3) is 5.65 Å². The van der Waals surface area contributed by atoms with E-state index in [1.54, 1.807) is 0 Å². The lowest BCUT2D eigenvalue weighted by Gasteiger charge is -2.13. The molecule has 1 aliphatic rings. The molecule has 0 aromatic carbocycles. The van der Waals surface area contributed by atoms with Gasteiger partial charge in [0.2, 0.25) is 0 Å². The molecule has 0 radical (unpaired) electrons. The Morgan fingerprint density at radius 2 is 1.55 bits per heavy atom. The van der Waals surface area contributed by atoms with Crippen LogP contribution in [0, 0.1) is 0 Å². The van der Waals surface area contributed by atoms with Crippen LogP contribution in [0.2, 0.25) is 0 Å². The van der Waals surface area contributed by atoms with Crippen molar-refractivity contribution in [1.82, 2.24) is 13.5 Å². The lowest BCUT2D eigenvalue weighted by molar-refractivity contribution is 0.236. The predicted molar refractivity (Wildman–Crippen MR) is 33.3 cm³/mol. The van der Waals surface area contributed by atoms with Crippen LogP contribution < -0.4 is 11.4 Å². The van der Waals surface area contributed by atoms with Gasteiger partial charge in [0.05, 0.1) is 6.20 Å². The number of hydrogen-bond acceptors (Lipinski definition) is 3. The molecule has 1 aliphatic heterocycles. The Labute approximate surface area is 58.2 Å². The van der Waals surface area contributed by atoms with Crippen molar-refractivity contribution in [2.75, 3.05) is 0 Å². The first-order chi connectivity index (χ1) is 5.22. The topological polar surface area (TPSA) is 65.5 Å². The average Bonchev–Trinajstić information content (AvgIpc) is 2.35. The van der Waals surface area contributed by atoms with Crippen molar-refractivity contribution in [3.8, 4) is 0 Å². The summed E-state index contributed by atoms with van der Waals surface area (Å²) >= 11 is 0. The zero-order chi connectivity index (χ0) is 7.75. The molecular weight excluding hydrogens is 150 g/mol. The van der Waals surface area contributed by atoms with E-state index in [-0.39, 0.29) is 0 Å². The lowest BCUT2D eigenvalue weighted by Crippen LogP contribution is -2.51. The van der Waals surface area contributed by atoms with E-state index >= 15 is 0 Å². The van der Waals surface area contributed by atoms with Crippen molar-refractivity contribution >= 4 is 11.7 Å². The Kier molecular flexibility index (Phi) is 0.456. The van der Waals surface area contributed by atoms with Gasteiger partial charge in [-0.2, -0.15) is 9.13 Å². The number of nitrogens with zero attached hydrogens (tertiary/aromatic N) is 3. The van der Waals surface area contributed by atoms with Gasteiger partial charge in [-0.1, -0.05) is 0 Å². The van der Waals surface area contributed by atoms with Crippen LogP contribution in [0.1, 0.15) is 0 Å².